The number of fused-ring (bicyclic) bond motifs is 1. The highest BCUT2D eigenvalue weighted by atomic mass is 15.3. The largest absolute Gasteiger partial charge is 0.325 e. The summed E-state index contributed by atoms with van der Waals surface area (Å²) in [7, 11) is 0. The van der Waals surface area contributed by atoms with E-state index in [0.717, 1.165) is 30.3 Å². The molecule has 3 rings (SSSR count). The average Bonchev–Trinajstić information content (AvgIpc) is 2.91. The van der Waals surface area contributed by atoms with Gasteiger partial charge in [-0.3, -0.25) is 0 Å². The minimum absolute atomic E-state index is 0.458. The van der Waals surface area contributed by atoms with Crippen molar-refractivity contribution in [2.45, 2.75) is 32.2 Å². The van der Waals surface area contributed by atoms with Crippen molar-refractivity contribution in [3.05, 3.63) is 29.7 Å². The number of likely N-dealkylation sites (tertiary alicyclic amines) is 1. The van der Waals surface area contributed by atoms with Gasteiger partial charge in [-0.25, -0.2) is 9.50 Å². The molecule has 2 N–H and O–H groups in total. The summed E-state index contributed by atoms with van der Waals surface area (Å²) in [5.41, 5.74) is 7.67. The highest BCUT2D eigenvalue weighted by molar-refractivity contribution is 5.39. The fourth-order valence-electron chi connectivity index (χ4n) is 2.86. The summed E-state index contributed by atoms with van der Waals surface area (Å²) in [6, 6.07) is 6.00. The first-order chi connectivity index (χ1) is 9.31. The Bertz CT molecular complexity index is 562. The molecule has 0 amide bonds. The smallest absolute Gasteiger partial charge is 0.156 e. The first-order valence-corrected chi connectivity index (χ1v) is 7.08. The van der Waals surface area contributed by atoms with E-state index in [4.69, 9.17) is 5.73 Å². The first kappa shape index (κ1) is 12.6. The van der Waals surface area contributed by atoms with Gasteiger partial charge in [-0.15, -0.1) is 0 Å². The molecule has 0 saturated carbocycles. The van der Waals surface area contributed by atoms with Gasteiger partial charge < -0.3 is 10.6 Å². The topological polar surface area (TPSA) is 59.5 Å². The third kappa shape index (κ3) is 2.35. The zero-order valence-corrected chi connectivity index (χ0v) is 11.4. The molecule has 2 aromatic rings. The molecule has 1 unspecified atom stereocenters. The predicted octanol–water partition coefficient (Wildman–Crippen LogP) is 1.39. The van der Waals surface area contributed by atoms with Crippen LogP contribution in [0.1, 0.15) is 37.2 Å². The van der Waals surface area contributed by atoms with E-state index in [2.05, 4.69) is 21.9 Å². The molecule has 0 radical (unpaired) electrons. The van der Waals surface area contributed by atoms with Crippen LogP contribution < -0.4 is 5.73 Å². The van der Waals surface area contributed by atoms with Crippen LogP contribution in [-0.2, 0) is 6.54 Å². The van der Waals surface area contributed by atoms with Crippen LogP contribution in [0.3, 0.4) is 0 Å². The van der Waals surface area contributed by atoms with E-state index in [9.17, 15) is 0 Å². The molecule has 1 aliphatic rings. The number of aromatic nitrogens is 3. The monoisotopic (exact) mass is 259 g/mol. The molecule has 0 aromatic carbocycles. The third-order valence-corrected chi connectivity index (χ3v) is 3.98. The number of hydrogen-bond acceptors (Lipinski definition) is 4. The van der Waals surface area contributed by atoms with Gasteiger partial charge in [0.05, 0.1) is 5.69 Å². The maximum Gasteiger partial charge on any atom is 0.156 e. The molecular formula is C14H21N5. The minimum atomic E-state index is 0.458. The van der Waals surface area contributed by atoms with Gasteiger partial charge in [0.2, 0.25) is 0 Å². The van der Waals surface area contributed by atoms with E-state index in [1.165, 1.54) is 19.4 Å². The minimum Gasteiger partial charge on any atom is -0.325 e. The Morgan fingerprint density at radius 3 is 3.11 bits per heavy atom. The van der Waals surface area contributed by atoms with Crippen molar-refractivity contribution >= 4 is 5.65 Å². The van der Waals surface area contributed by atoms with E-state index in [-0.39, 0.29) is 0 Å². The summed E-state index contributed by atoms with van der Waals surface area (Å²) in [6.07, 6.45) is 2.42. The number of likely N-dealkylation sites (N-methyl/N-ethyl adjacent to an activating group) is 1. The molecule has 3 heterocycles. The number of nitrogens with two attached hydrogens (primary N) is 1. The lowest BCUT2D eigenvalue weighted by molar-refractivity contribution is 0.214. The van der Waals surface area contributed by atoms with Gasteiger partial charge in [0.25, 0.3) is 0 Å². The van der Waals surface area contributed by atoms with E-state index in [1.807, 2.05) is 22.7 Å². The number of piperidine rings is 1. The van der Waals surface area contributed by atoms with Gasteiger partial charge in [-0.1, -0.05) is 13.0 Å². The quantitative estimate of drug-likeness (QED) is 0.905. The summed E-state index contributed by atoms with van der Waals surface area (Å²) in [4.78, 5) is 7.16. The zero-order chi connectivity index (χ0) is 13.2. The molecule has 1 saturated heterocycles. The highest BCUT2D eigenvalue weighted by Crippen LogP contribution is 2.25. The molecule has 1 fully saturated rings. The highest BCUT2D eigenvalue weighted by Gasteiger charge is 2.24. The van der Waals surface area contributed by atoms with Crippen LogP contribution in [0.4, 0.5) is 0 Å². The van der Waals surface area contributed by atoms with Gasteiger partial charge in [0, 0.05) is 19.0 Å². The second kappa shape index (κ2) is 5.27. The Kier molecular flexibility index (Phi) is 3.48. The molecule has 0 spiro atoms. The van der Waals surface area contributed by atoms with Crippen LogP contribution in [0, 0.1) is 0 Å². The predicted molar refractivity (Wildman–Crippen MR) is 75.0 cm³/mol. The lowest BCUT2D eigenvalue weighted by Gasteiger charge is -2.30. The second-order valence-electron chi connectivity index (χ2n) is 5.19. The van der Waals surface area contributed by atoms with E-state index < -0.39 is 0 Å². The van der Waals surface area contributed by atoms with Crippen molar-refractivity contribution in [1.82, 2.24) is 19.5 Å². The number of hydrogen-bond donors (Lipinski definition) is 1. The van der Waals surface area contributed by atoms with Gasteiger partial charge in [-0.2, -0.15) is 5.10 Å². The van der Waals surface area contributed by atoms with E-state index >= 15 is 0 Å². The Balaban J connectivity index is 1.92. The van der Waals surface area contributed by atoms with Crippen molar-refractivity contribution < 1.29 is 0 Å². The van der Waals surface area contributed by atoms with Crippen LogP contribution in [0.15, 0.2) is 18.2 Å². The lowest BCUT2D eigenvalue weighted by Crippen LogP contribution is -2.34. The Labute approximate surface area is 113 Å². The van der Waals surface area contributed by atoms with Crippen molar-refractivity contribution in [3.8, 4) is 0 Å². The molecule has 2 aromatic heterocycles. The molecule has 102 valence electrons. The van der Waals surface area contributed by atoms with E-state index in [0.29, 0.717) is 12.5 Å². The molecular weight excluding hydrogens is 238 g/mol. The Morgan fingerprint density at radius 2 is 2.32 bits per heavy atom. The fourth-order valence-corrected chi connectivity index (χ4v) is 2.86. The summed E-state index contributed by atoms with van der Waals surface area (Å²) in [5.74, 6) is 1.43. The third-order valence-electron chi connectivity index (χ3n) is 3.98. The van der Waals surface area contributed by atoms with Crippen LogP contribution in [0.2, 0.25) is 0 Å². The SMILES string of the molecule is CCN1CCCC(c2nc3cccc(CN)n3n2)C1. The van der Waals surface area contributed by atoms with Crippen LogP contribution >= 0.6 is 0 Å². The molecule has 5 heteroatoms. The van der Waals surface area contributed by atoms with Gasteiger partial charge >= 0.3 is 0 Å². The summed E-state index contributed by atoms with van der Waals surface area (Å²) in [6.45, 7) is 6.09. The fraction of sp³-hybridized carbons (Fsp3) is 0.571. The number of nitrogens with zero attached hydrogens (tertiary/aromatic N) is 4. The van der Waals surface area contributed by atoms with Crippen molar-refractivity contribution in [2.24, 2.45) is 5.73 Å². The summed E-state index contributed by atoms with van der Waals surface area (Å²) >= 11 is 0. The average molecular weight is 259 g/mol. The molecule has 0 bridgehead atoms. The molecule has 5 nitrogen and oxygen atoms in total. The molecule has 1 aliphatic heterocycles. The second-order valence-corrected chi connectivity index (χ2v) is 5.19. The normalized spacial score (nSPS) is 21.1. The number of pyridine rings is 1. The van der Waals surface area contributed by atoms with Crippen molar-refractivity contribution in [3.63, 3.8) is 0 Å². The van der Waals surface area contributed by atoms with Crippen LogP contribution in [-0.4, -0.2) is 39.1 Å². The molecule has 19 heavy (non-hydrogen) atoms. The zero-order valence-electron chi connectivity index (χ0n) is 11.4. The van der Waals surface area contributed by atoms with Crippen LogP contribution in [0.25, 0.3) is 5.65 Å². The van der Waals surface area contributed by atoms with Crippen LogP contribution in [0.5, 0.6) is 0 Å². The summed E-state index contributed by atoms with van der Waals surface area (Å²) < 4.78 is 1.89. The van der Waals surface area contributed by atoms with Gasteiger partial charge in [-0.05, 0) is 38.1 Å². The lowest BCUT2D eigenvalue weighted by atomic mass is 9.97. The standard InChI is InChI=1S/C14H21N5/c1-2-18-8-4-5-11(10-18)14-16-13-7-3-6-12(9-15)19(13)17-14/h3,6-7,11H,2,4-5,8-10,15H2,1H3. The Morgan fingerprint density at radius 1 is 1.42 bits per heavy atom. The number of rotatable bonds is 3. The maximum atomic E-state index is 5.75. The Hall–Kier alpha value is -1.46. The first-order valence-electron chi connectivity index (χ1n) is 7.08. The molecule has 0 aliphatic carbocycles. The van der Waals surface area contributed by atoms with Crippen molar-refractivity contribution in [2.75, 3.05) is 19.6 Å². The molecule has 1 atom stereocenters. The van der Waals surface area contributed by atoms with E-state index in [1.54, 1.807) is 0 Å². The van der Waals surface area contributed by atoms with Gasteiger partial charge in [0.15, 0.2) is 11.5 Å². The van der Waals surface area contributed by atoms with Gasteiger partial charge in [0.1, 0.15) is 0 Å². The summed E-state index contributed by atoms with van der Waals surface area (Å²) in [5, 5.41) is 4.67. The maximum absolute atomic E-state index is 5.75. The van der Waals surface area contributed by atoms with Crippen molar-refractivity contribution in [1.29, 1.82) is 0 Å².